The van der Waals surface area contributed by atoms with Gasteiger partial charge >= 0.3 is 11.9 Å². The fourth-order valence-corrected chi connectivity index (χ4v) is 3.07. The molecule has 1 fully saturated rings. The van der Waals surface area contributed by atoms with E-state index in [9.17, 15) is 23.3 Å². The molecular formula is C17H18F3N5O2. The van der Waals surface area contributed by atoms with Gasteiger partial charge in [-0.25, -0.2) is 9.97 Å². The summed E-state index contributed by atoms with van der Waals surface area (Å²) < 4.78 is 38.0. The summed E-state index contributed by atoms with van der Waals surface area (Å²) in [5.74, 6) is 0.0318. The van der Waals surface area contributed by atoms with Gasteiger partial charge in [0.1, 0.15) is 6.33 Å². The maximum atomic E-state index is 12.7. The van der Waals surface area contributed by atoms with Gasteiger partial charge in [0.2, 0.25) is 11.6 Å². The quantitative estimate of drug-likeness (QED) is 0.566. The minimum Gasteiger partial charge on any atom is -0.361 e. The van der Waals surface area contributed by atoms with Crippen LogP contribution >= 0.6 is 0 Å². The molecule has 0 aliphatic heterocycles. The molecule has 1 aromatic carbocycles. The van der Waals surface area contributed by atoms with Crippen LogP contribution in [0, 0.1) is 10.1 Å². The van der Waals surface area contributed by atoms with E-state index in [1.807, 2.05) is 0 Å². The number of aromatic nitrogens is 2. The second-order valence-corrected chi connectivity index (χ2v) is 6.36. The van der Waals surface area contributed by atoms with E-state index in [1.54, 1.807) is 0 Å². The van der Waals surface area contributed by atoms with Gasteiger partial charge in [0, 0.05) is 11.7 Å². The zero-order valence-electron chi connectivity index (χ0n) is 14.3. The number of benzene rings is 1. The fraction of sp³-hybridized carbons (Fsp3) is 0.412. The van der Waals surface area contributed by atoms with E-state index < -0.39 is 16.7 Å². The van der Waals surface area contributed by atoms with Gasteiger partial charge in [-0.1, -0.05) is 19.3 Å². The molecule has 7 nitrogen and oxygen atoms in total. The van der Waals surface area contributed by atoms with Crippen LogP contribution in [0.4, 0.5) is 36.2 Å². The number of halogens is 3. The maximum absolute atomic E-state index is 12.7. The predicted molar refractivity (Wildman–Crippen MR) is 93.9 cm³/mol. The molecule has 0 spiro atoms. The van der Waals surface area contributed by atoms with Crippen LogP contribution in [-0.4, -0.2) is 20.9 Å². The number of nitrogens with zero attached hydrogens (tertiary/aromatic N) is 3. The highest BCUT2D eigenvalue weighted by Gasteiger charge is 2.30. The molecule has 0 bridgehead atoms. The molecule has 0 saturated heterocycles. The van der Waals surface area contributed by atoms with E-state index in [0.29, 0.717) is 0 Å². The molecule has 0 radical (unpaired) electrons. The largest absolute Gasteiger partial charge is 0.416 e. The van der Waals surface area contributed by atoms with Crippen LogP contribution in [0.5, 0.6) is 0 Å². The van der Waals surface area contributed by atoms with Gasteiger partial charge in [-0.3, -0.25) is 10.1 Å². The van der Waals surface area contributed by atoms with E-state index in [0.717, 1.165) is 44.2 Å². The predicted octanol–water partition coefficient (Wildman–Crippen LogP) is 4.89. The van der Waals surface area contributed by atoms with E-state index in [-0.39, 0.29) is 29.1 Å². The fourth-order valence-electron chi connectivity index (χ4n) is 3.07. The highest BCUT2D eigenvalue weighted by Crippen LogP contribution is 2.34. The van der Waals surface area contributed by atoms with Crippen molar-refractivity contribution in [1.82, 2.24) is 9.97 Å². The van der Waals surface area contributed by atoms with Crippen LogP contribution in [0.15, 0.2) is 30.6 Å². The topological polar surface area (TPSA) is 93.0 Å². The van der Waals surface area contributed by atoms with Gasteiger partial charge in [0.25, 0.3) is 0 Å². The molecule has 0 unspecified atom stereocenters. The van der Waals surface area contributed by atoms with Crippen molar-refractivity contribution in [3.8, 4) is 0 Å². The molecule has 1 aliphatic rings. The van der Waals surface area contributed by atoms with Crippen molar-refractivity contribution in [2.75, 3.05) is 10.6 Å². The summed E-state index contributed by atoms with van der Waals surface area (Å²) in [7, 11) is 0. The lowest BCUT2D eigenvalue weighted by atomic mass is 9.95. The molecule has 3 rings (SSSR count). The Bertz CT molecular complexity index is 805. The first-order chi connectivity index (χ1) is 12.8. The standard InChI is InChI=1S/C17H18F3N5O2/c18-17(19,20)11-6-8-13(9-7-11)24-16-14(25(26)27)15(21-10-22-16)23-12-4-2-1-3-5-12/h6-10,12H,1-5H2,(H2,21,22,23,24). The Morgan fingerprint density at radius 3 is 2.26 bits per heavy atom. The minimum atomic E-state index is -4.45. The molecule has 0 atom stereocenters. The van der Waals surface area contributed by atoms with Gasteiger partial charge < -0.3 is 10.6 Å². The number of alkyl halides is 3. The van der Waals surface area contributed by atoms with Crippen LogP contribution in [0.3, 0.4) is 0 Å². The first-order valence-electron chi connectivity index (χ1n) is 8.55. The van der Waals surface area contributed by atoms with Crippen molar-refractivity contribution in [3.63, 3.8) is 0 Å². The molecule has 1 aromatic heterocycles. The van der Waals surface area contributed by atoms with Crippen LogP contribution in [0.2, 0.25) is 0 Å². The van der Waals surface area contributed by atoms with Crippen LogP contribution in [-0.2, 0) is 6.18 Å². The van der Waals surface area contributed by atoms with Crippen LogP contribution < -0.4 is 10.6 Å². The average molecular weight is 381 g/mol. The van der Waals surface area contributed by atoms with Crippen molar-refractivity contribution in [2.45, 2.75) is 44.3 Å². The number of anilines is 3. The van der Waals surface area contributed by atoms with Crippen LogP contribution in [0.25, 0.3) is 0 Å². The van der Waals surface area contributed by atoms with Crippen molar-refractivity contribution in [3.05, 3.63) is 46.3 Å². The molecule has 144 valence electrons. The summed E-state index contributed by atoms with van der Waals surface area (Å²) in [5.41, 5.74) is -0.874. The molecule has 1 saturated carbocycles. The maximum Gasteiger partial charge on any atom is 0.416 e. The molecule has 1 heterocycles. The molecule has 0 amide bonds. The Kier molecular flexibility index (Phi) is 5.43. The van der Waals surface area contributed by atoms with Gasteiger partial charge in [-0.05, 0) is 37.1 Å². The lowest BCUT2D eigenvalue weighted by Gasteiger charge is -2.23. The SMILES string of the molecule is O=[N+]([O-])c1c(Nc2ccc(C(F)(F)F)cc2)ncnc1NC1CCCCC1. The van der Waals surface area contributed by atoms with Crippen molar-refractivity contribution in [2.24, 2.45) is 0 Å². The Labute approximate surface area is 153 Å². The van der Waals surface area contributed by atoms with Crippen molar-refractivity contribution in [1.29, 1.82) is 0 Å². The number of nitrogens with one attached hydrogen (secondary N) is 2. The van der Waals surface area contributed by atoms with E-state index in [1.165, 1.54) is 18.5 Å². The summed E-state index contributed by atoms with van der Waals surface area (Å²) in [6.45, 7) is 0. The van der Waals surface area contributed by atoms with E-state index >= 15 is 0 Å². The first-order valence-corrected chi connectivity index (χ1v) is 8.55. The van der Waals surface area contributed by atoms with E-state index in [2.05, 4.69) is 20.6 Å². The smallest absolute Gasteiger partial charge is 0.361 e. The zero-order valence-corrected chi connectivity index (χ0v) is 14.3. The summed E-state index contributed by atoms with van der Waals surface area (Å²) in [6, 6.07) is 4.30. The number of nitro groups is 1. The second-order valence-electron chi connectivity index (χ2n) is 6.36. The Balaban J connectivity index is 1.84. The molecule has 27 heavy (non-hydrogen) atoms. The second kappa shape index (κ2) is 7.77. The summed E-state index contributed by atoms with van der Waals surface area (Å²) in [4.78, 5) is 18.8. The molecule has 2 N–H and O–H groups in total. The normalized spacial score (nSPS) is 15.4. The average Bonchev–Trinajstić information content (AvgIpc) is 2.62. The number of hydrogen-bond donors (Lipinski definition) is 2. The lowest BCUT2D eigenvalue weighted by Crippen LogP contribution is -2.23. The lowest BCUT2D eigenvalue weighted by molar-refractivity contribution is -0.383. The van der Waals surface area contributed by atoms with Crippen LogP contribution in [0.1, 0.15) is 37.7 Å². The van der Waals surface area contributed by atoms with E-state index in [4.69, 9.17) is 0 Å². The monoisotopic (exact) mass is 381 g/mol. The summed E-state index contributed by atoms with van der Waals surface area (Å²) in [6.07, 6.45) is 1.79. The van der Waals surface area contributed by atoms with Gasteiger partial charge in [-0.2, -0.15) is 13.2 Å². The van der Waals surface area contributed by atoms with Gasteiger partial charge in [-0.15, -0.1) is 0 Å². The zero-order chi connectivity index (χ0) is 19.4. The van der Waals surface area contributed by atoms with Gasteiger partial charge in [0.15, 0.2) is 0 Å². The highest BCUT2D eigenvalue weighted by molar-refractivity contribution is 5.73. The Morgan fingerprint density at radius 2 is 1.67 bits per heavy atom. The third-order valence-corrected chi connectivity index (χ3v) is 4.43. The summed E-state index contributed by atoms with van der Waals surface area (Å²) in [5, 5.41) is 17.4. The van der Waals surface area contributed by atoms with Crippen molar-refractivity contribution < 1.29 is 18.1 Å². The highest BCUT2D eigenvalue weighted by atomic mass is 19.4. The number of rotatable bonds is 5. The number of hydrogen-bond acceptors (Lipinski definition) is 6. The molecular weight excluding hydrogens is 363 g/mol. The van der Waals surface area contributed by atoms with Gasteiger partial charge in [0.05, 0.1) is 10.5 Å². The minimum absolute atomic E-state index is 0.0759. The third-order valence-electron chi connectivity index (χ3n) is 4.43. The first kappa shape index (κ1) is 18.9. The Hall–Kier alpha value is -2.91. The molecule has 10 heteroatoms. The molecule has 1 aliphatic carbocycles. The third kappa shape index (κ3) is 4.63. The molecule has 2 aromatic rings. The van der Waals surface area contributed by atoms with Crippen molar-refractivity contribution >= 4 is 23.0 Å². The Morgan fingerprint density at radius 1 is 1.04 bits per heavy atom. The summed E-state index contributed by atoms with van der Waals surface area (Å²) >= 11 is 0.